The van der Waals surface area contributed by atoms with Crippen molar-refractivity contribution in [3.05, 3.63) is 33.3 Å². The fourth-order valence-corrected chi connectivity index (χ4v) is 1.97. The quantitative estimate of drug-likeness (QED) is 0.628. The van der Waals surface area contributed by atoms with Crippen molar-refractivity contribution in [1.29, 1.82) is 0 Å². The van der Waals surface area contributed by atoms with Gasteiger partial charge in [-0.15, -0.1) is 0 Å². The Balaban J connectivity index is 3.21. The summed E-state index contributed by atoms with van der Waals surface area (Å²) in [6.45, 7) is 0. The Hall–Kier alpha value is -0.250. The molecule has 0 N–H and O–H groups in total. The second-order valence-electron chi connectivity index (χ2n) is 2.85. The van der Waals surface area contributed by atoms with Gasteiger partial charge in [-0.05, 0) is 24.1 Å². The molecular formula is C10H9BrCl2O2. The van der Waals surface area contributed by atoms with Crippen LogP contribution in [0, 0.1) is 0 Å². The Bertz CT molecular complexity index is 380. The highest BCUT2D eigenvalue weighted by Gasteiger charge is 2.14. The summed E-state index contributed by atoms with van der Waals surface area (Å²) in [6.07, 6.45) is 0.696. The fraction of sp³-hybridized carbons (Fsp3) is 0.300. The van der Waals surface area contributed by atoms with Crippen LogP contribution < -0.4 is 0 Å². The van der Waals surface area contributed by atoms with Crippen LogP contribution in [0.2, 0.25) is 10.0 Å². The lowest BCUT2D eigenvalue weighted by atomic mass is 10.1. The molecule has 0 unspecified atom stereocenters. The SMILES string of the molecule is COC(=O)c1cc(Cl)c(Cl)cc1CCBr. The van der Waals surface area contributed by atoms with E-state index in [0.717, 1.165) is 10.9 Å². The van der Waals surface area contributed by atoms with Crippen LogP contribution in [0.25, 0.3) is 0 Å². The van der Waals surface area contributed by atoms with Gasteiger partial charge in [0, 0.05) is 5.33 Å². The molecule has 1 rings (SSSR count). The van der Waals surface area contributed by atoms with Crippen LogP contribution in [-0.4, -0.2) is 18.4 Å². The fourth-order valence-electron chi connectivity index (χ4n) is 1.20. The summed E-state index contributed by atoms with van der Waals surface area (Å²) in [6, 6.07) is 3.23. The first-order chi connectivity index (χ1) is 7.10. The standard InChI is InChI=1S/C10H9BrCl2O2/c1-15-10(14)7-5-9(13)8(12)4-6(7)2-3-11/h4-5H,2-3H2,1H3. The van der Waals surface area contributed by atoms with Crippen LogP contribution >= 0.6 is 39.1 Å². The zero-order chi connectivity index (χ0) is 11.4. The third-order valence-electron chi connectivity index (χ3n) is 1.92. The number of methoxy groups -OCH3 is 1. The monoisotopic (exact) mass is 310 g/mol. The van der Waals surface area contributed by atoms with E-state index < -0.39 is 5.97 Å². The smallest absolute Gasteiger partial charge is 0.338 e. The van der Waals surface area contributed by atoms with Crippen molar-refractivity contribution in [2.24, 2.45) is 0 Å². The highest BCUT2D eigenvalue weighted by molar-refractivity contribution is 9.09. The second kappa shape index (κ2) is 5.73. The van der Waals surface area contributed by atoms with E-state index in [1.165, 1.54) is 13.2 Å². The van der Waals surface area contributed by atoms with Crippen molar-refractivity contribution in [3.63, 3.8) is 0 Å². The predicted octanol–water partition coefficient (Wildman–Crippen LogP) is 3.72. The number of alkyl halides is 1. The molecule has 0 saturated carbocycles. The van der Waals surface area contributed by atoms with E-state index in [2.05, 4.69) is 20.7 Å². The number of benzene rings is 1. The molecule has 15 heavy (non-hydrogen) atoms. The van der Waals surface area contributed by atoms with Gasteiger partial charge in [0.2, 0.25) is 0 Å². The highest BCUT2D eigenvalue weighted by Crippen LogP contribution is 2.27. The van der Waals surface area contributed by atoms with Gasteiger partial charge in [-0.1, -0.05) is 39.1 Å². The summed E-state index contributed by atoms with van der Waals surface area (Å²) in [7, 11) is 1.34. The number of carbonyl (C=O) groups excluding carboxylic acids is 1. The summed E-state index contributed by atoms with van der Waals surface area (Å²) in [5, 5.41) is 1.55. The highest BCUT2D eigenvalue weighted by atomic mass is 79.9. The molecule has 0 fully saturated rings. The maximum Gasteiger partial charge on any atom is 0.338 e. The van der Waals surface area contributed by atoms with Gasteiger partial charge in [-0.3, -0.25) is 0 Å². The molecule has 0 aromatic heterocycles. The van der Waals surface area contributed by atoms with E-state index in [-0.39, 0.29) is 0 Å². The number of esters is 1. The first-order valence-corrected chi connectivity index (χ1v) is 6.10. The van der Waals surface area contributed by atoms with Crippen LogP contribution in [0.1, 0.15) is 15.9 Å². The molecule has 0 radical (unpaired) electrons. The summed E-state index contributed by atoms with van der Waals surface area (Å²) in [5.74, 6) is -0.399. The number of hydrogen-bond acceptors (Lipinski definition) is 2. The van der Waals surface area contributed by atoms with Crippen molar-refractivity contribution in [2.45, 2.75) is 6.42 Å². The first kappa shape index (κ1) is 12.8. The zero-order valence-electron chi connectivity index (χ0n) is 8.02. The van der Waals surface area contributed by atoms with Crippen LogP contribution in [0.15, 0.2) is 12.1 Å². The van der Waals surface area contributed by atoms with Crippen LogP contribution in [0.4, 0.5) is 0 Å². The average Bonchev–Trinajstić information content (AvgIpc) is 2.22. The minimum atomic E-state index is -0.399. The van der Waals surface area contributed by atoms with E-state index in [1.807, 2.05) is 0 Å². The lowest BCUT2D eigenvalue weighted by molar-refractivity contribution is 0.0599. The molecule has 0 spiro atoms. The van der Waals surface area contributed by atoms with Gasteiger partial charge in [0.25, 0.3) is 0 Å². The molecule has 1 aromatic carbocycles. The number of aryl methyl sites for hydroxylation is 1. The Morgan fingerprint density at radius 3 is 2.53 bits per heavy atom. The van der Waals surface area contributed by atoms with Crippen LogP contribution in [-0.2, 0) is 11.2 Å². The Labute approximate surface area is 107 Å². The van der Waals surface area contributed by atoms with E-state index >= 15 is 0 Å². The summed E-state index contributed by atoms with van der Waals surface area (Å²) >= 11 is 15.0. The molecule has 0 aliphatic carbocycles. The van der Waals surface area contributed by atoms with E-state index in [4.69, 9.17) is 23.2 Å². The first-order valence-electron chi connectivity index (χ1n) is 4.22. The maximum atomic E-state index is 11.4. The second-order valence-corrected chi connectivity index (χ2v) is 4.46. The van der Waals surface area contributed by atoms with Gasteiger partial charge in [0.1, 0.15) is 0 Å². The molecule has 1 aromatic rings. The number of carbonyl (C=O) groups is 1. The number of hydrogen-bond donors (Lipinski definition) is 0. The molecule has 0 aliphatic rings. The van der Waals surface area contributed by atoms with Crippen LogP contribution in [0.5, 0.6) is 0 Å². The number of halogens is 3. The third-order valence-corrected chi connectivity index (χ3v) is 3.03. The summed E-state index contributed by atoms with van der Waals surface area (Å²) in [5.41, 5.74) is 1.29. The van der Waals surface area contributed by atoms with E-state index in [9.17, 15) is 4.79 Å². The van der Waals surface area contributed by atoms with Gasteiger partial charge in [-0.2, -0.15) is 0 Å². The molecule has 0 saturated heterocycles. The summed E-state index contributed by atoms with van der Waals surface area (Å²) < 4.78 is 4.66. The largest absolute Gasteiger partial charge is 0.465 e. The zero-order valence-corrected chi connectivity index (χ0v) is 11.1. The van der Waals surface area contributed by atoms with Crippen molar-refractivity contribution >= 4 is 45.1 Å². The lowest BCUT2D eigenvalue weighted by Gasteiger charge is -2.08. The Kier molecular flexibility index (Phi) is 4.90. The lowest BCUT2D eigenvalue weighted by Crippen LogP contribution is -2.06. The third kappa shape index (κ3) is 3.10. The minimum Gasteiger partial charge on any atom is -0.465 e. The minimum absolute atomic E-state index is 0.357. The van der Waals surface area contributed by atoms with Gasteiger partial charge in [-0.25, -0.2) is 4.79 Å². The molecule has 5 heteroatoms. The van der Waals surface area contributed by atoms with Gasteiger partial charge in [0.05, 0.1) is 22.7 Å². The normalized spacial score (nSPS) is 10.1. The molecular weight excluding hydrogens is 303 g/mol. The molecule has 82 valence electrons. The molecule has 0 bridgehead atoms. The van der Waals surface area contributed by atoms with Crippen molar-refractivity contribution < 1.29 is 9.53 Å². The molecule has 2 nitrogen and oxygen atoms in total. The summed E-state index contributed by atoms with van der Waals surface area (Å²) in [4.78, 5) is 11.4. The topological polar surface area (TPSA) is 26.3 Å². The Morgan fingerprint density at radius 1 is 1.40 bits per heavy atom. The van der Waals surface area contributed by atoms with E-state index in [0.29, 0.717) is 22.0 Å². The Morgan fingerprint density at radius 2 is 2.00 bits per heavy atom. The van der Waals surface area contributed by atoms with Crippen molar-refractivity contribution in [3.8, 4) is 0 Å². The molecule has 0 heterocycles. The molecule has 0 amide bonds. The number of ether oxygens (including phenoxy) is 1. The van der Waals surface area contributed by atoms with Gasteiger partial charge in [0.15, 0.2) is 0 Å². The van der Waals surface area contributed by atoms with E-state index in [1.54, 1.807) is 6.07 Å². The van der Waals surface area contributed by atoms with Gasteiger partial charge >= 0.3 is 5.97 Å². The van der Waals surface area contributed by atoms with Crippen molar-refractivity contribution in [1.82, 2.24) is 0 Å². The molecule has 0 atom stereocenters. The number of rotatable bonds is 3. The predicted molar refractivity (Wildman–Crippen MR) is 65.3 cm³/mol. The van der Waals surface area contributed by atoms with Gasteiger partial charge < -0.3 is 4.74 Å². The maximum absolute atomic E-state index is 11.4. The van der Waals surface area contributed by atoms with Crippen LogP contribution in [0.3, 0.4) is 0 Å². The van der Waals surface area contributed by atoms with Crippen molar-refractivity contribution in [2.75, 3.05) is 12.4 Å². The average molecular weight is 312 g/mol. The molecule has 0 aliphatic heterocycles.